The second kappa shape index (κ2) is 6.97. The summed E-state index contributed by atoms with van der Waals surface area (Å²) in [6.45, 7) is 5.18. The van der Waals surface area contributed by atoms with E-state index in [-0.39, 0.29) is 0 Å². The average molecular weight is 299 g/mol. The third-order valence-corrected chi connectivity index (χ3v) is 4.49. The van der Waals surface area contributed by atoms with Crippen molar-refractivity contribution in [2.24, 2.45) is 0 Å². The lowest BCUT2D eigenvalue weighted by atomic mass is 9.94. The van der Waals surface area contributed by atoms with Crippen LogP contribution in [-0.4, -0.2) is 28.3 Å². The molecule has 0 amide bonds. The molecule has 2 aromatic rings. The molecule has 1 aliphatic heterocycles. The molecule has 0 unspecified atom stereocenters. The highest BCUT2D eigenvalue weighted by atomic mass is 16.5. The van der Waals surface area contributed by atoms with Gasteiger partial charge >= 0.3 is 0 Å². The molecule has 0 radical (unpaired) electrons. The first kappa shape index (κ1) is 15.1. The van der Waals surface area contributed by atoms with Crippen LogP contribution in [-0.2, 0) is 13.1 Å². The highest BCUT2D eigenvalue weighted by Crippen LogP contribution is 2.33. The molecule has 0 saturated carbocycles. The van der Waals surface area contributed by atoms with Crippen LogP contribution in [0.4, 0.5) is 0 Å². The molecule has 0 bridgehead atoms. The van der Waals surface area contributed by atoms with Gasteiger partial charge in [-0.2, -0.15) is 5.10 Å². The zero-order valence-electron chi connectivity index (χ0n) is 13.5. The van der Waals surface area contributed by atoms with E-state index in [1.54, 1.807) is 7.11 Å². The van der Waals surface area contributed by atoms with Gasteiger partial charge < -0.3 is 4.74 Å². The zero-order valence-corrected chi connectivity index (χ0v) is 13.5. The van der Waals surface area contributed by atoms with Gasteiger partial charge in [0.05, 0.1) is 13.3 Å². The Hall–Kier alpha value is -1.81. The fourth-order valence-electron chi connectivity index (χ4n) is 3.30. The second-order valence-electron chi connectivity index (χ2n) is 5.96. The molecule has 1 atom stereocenters. The van der Waals surface area contributed by atoms with Crippen molar-refractivity contribution in [2.75, 3.05) is 13.7 Å². The summed E-state index contributed by atoms with van der Waals surface area (Å²) in [7, 11) is 1.73. The SMILES string of the molecule is CCn1cc(CN2CCCC[C@H]2c2cccc(OC)c2)cn1. The molecule has 0 spiro atoms. The van der Waals surface area contributed by atoms with Crippen molar-refractivity contribution < 1.29 is 4.74 Å². The van der Waals surface area contributed by atoms with Crippen LogP contribution in [0.1, 0.15) is 43.4 Å². The van der Waals surface area contributed by atoms with Crippen molar-refractivity contribution in [3.63, 3.8) is 0 Å². The quantitative estimate of drug-likeness (QED) is 0.844. The Morgan fingerprint density at radius 3 is 3.00 bits per heavy atom. The lowest BCUT2D eigenvalue weighted by Gasteiger charge is -2.36. The van der Waals surface area contributed by atoms with Gasteiger partial charge in [0.2, 0.25) is 0 Å². The van der Waals surface area contributed by atoms with Gasteiger partial charge in [0.1, 0.15) is 5.75 Å². The number of nitrogens with zero attached hydrogens (tertiary/aromatic N) is 3. The summed E-state index contributed by atoms with van der Waals surface area (Å²) in [5.74, 6) is 0.946. The van der Waals surface area contributed by atoms with Gasteiger partial charge in [-0.3, -0.25) is 9.58 Å². The van der Waals surface area contributed by atoms with Gasteiger partial charge in [0.25, 0.3) is 0 Å². The third kappa shape index (κ3) is 3.33. The molecule has 1 saturated heterocycles. The Labute approximate surface area is 132 Å². The molecule has 1 fully saturated rings. The molecule has 2 heterocycles. The molecule has 22 heavy (non-hydrogen) atoms. The third-order valence-electron chi connectivity index (χ3n) is 4.49. The molecular formula is C18H25N3O. The molecule has 4 nitrogen and oxygen atoms in total. The summed E-state index contributed by atoms with van der Waals surface area (Å²) >= 11 is 0. The van der Waals surface area contributed by atoms with E-state index in [4.69, 9.17) is 4.74 Å². The maximum absolute atomic E-state index is 5.39. The molecule has 3 rings (SSSR count). The Morgan fingerprint density at radius 2 is 2.23 bits per heavy atom. The van der Waals surface area contributed by atoms with Gasteiger partial charge in [0, 0.05) is 30.9 Å². The largest absolute Gasteiger partial charge is 0.497 e. The van der Waals surface area contributed by atoms with Crippen LogP contribution >= 0.6 is 0 Å². The van der Waals surface area contributed by atoms with Gasteiger partial charge in [-0.05, 0) is 44.0 Å². The number of piperidine rings is 1. The van der Waals surface area contributed by atoms with Crippen LogP contribution in [0.2, 0.25) is 0 Å². The van der Waals surface area contributed by atoms with E-state index in [1.165, 1.54) is 30.4 Å². The summed E-state index contributed by atoms with van der Waals surface area (Å²) in [6.07, 6.45) is 7.96. The Balaban J connectivity index is 1.78. The van der Waals surface area contributed by atoms with Crippen molar-refractivity contribution >= 4 is 0 Å². The minimum Gasteiger partial charge on any atom is -0.497 e. The van der Waals surface area contributed by atoms with Crippen LogP contribution in [0, 0.1) is 0 Å². The number of benzene rings is 1. The van der Waals surface area contributed by atoms with E-state index >= 15 is 0 Å². The number of hydrogen-bond acceptors (Lipinski definition) is 3. The number of hydrogen-bond donors (Lipinski definition) is 0. The highest BCUT2D eigenvalue weighted by molar-refractivity contribution is 5.31. The number of ether oxygens (including phenoxy) is 1. The molecule has 1 aromatic heterocycles. The summed E-state index contributed by atoms with van der Waals surface area (Å²) < 4.78 is 7.39. The van der Waals surface area contributed by atoms with Crippen molar-refractivity contribution in [1.29, 1.82) is 0 Å². The average Bonchev–Trinajstić information content (AvgIpc) is 3.03. The van der Waals surface area contributed by atoms with Crippen LogP contribution in [0.25, 0.3) is 0 Å². The molecule has 4 heteroatoms. The van der Waals surface area contributed by atoms with Gasteiger partial charge in [-0.25, -0.2) is 0 Å². The minimum atomic E-state index is 0.480. The fraction of sp³-hybridized carbons (Fsp3) is 0.500. The summed E-state index contributed by atoms with van der Waals surface area (Å²) in [5.41, 5.74) is 2.67. The topological polar surface area (TPSA) is 30.3 Å². The number of rotatable bonds is 5. The monoisotopic (exact) mass is 299 g/mol. The standard InChI is InChI=1S/C18H25N3O/c1-3-21-14-15(12-19-21)13-20-10-5-4-9-18(20)16-7-6-8-17(11-16)22-2/h6-8,11-12,14,18H,3-5,9-10,13H2,1-2H3/t18-/m0/s1. The second-order valence-corrected chi connectivity index (χ2v) is 5.96. The van der Waals surface area contributed by atoms with Crippen LogP contribution < -0.4 is 4.74 Å². The van der Waals surface area contributed by atoms with Gasteiger partial charge in [-0.1, -0.05) is 18.6 Å². The van der Waals surface area contributed by atoms with Crippen LogP contribution in [0.3, 0.4) is 0 Å². The van der Waals surface area contributed by atoms with Crippen molar-refractivity contribution in [3.05, 3.63) is 47.8 Å². The Kier molecular flexibility index (Phi) is 4.78. The summed E-state index contributed by atoms with van der Waals surface area (Å²) in [4.78, 5) is 2.58. The first-order valence-corrected chi connectivity index (χ1v) is 8.19. The van der Waals surface area contributed by atoms with E-state index < -0.39 is 0 Å². The van der Waals surface area contributed by atoms with E-state index in [0.717, 1.165) is 25.4 Å². The molecule has 1 aromatic carbocycles. The molecular weight excluding hydrogens is 274 g/mol. The lowest BCUT2D eigenvalue weighted by Crippen LogP contribution is -2.32. The van der Waals surface area contributed by atoms with Crippen molar-refractivity contribution in [2.45, 2.75) is 45.3 Å². The predicted octanol–water partition coefficient (Wildman–Crippen LogP) is 3.64. The van der Waals surface area contributed by atoms with Crippen LogP contribution in [0.5, 0.6) is 5.75 Å². The number of aryl methyl sites for hydroxylation is 1. The number of likely N-dealkylation sites (tertiary alicyclic amines) is 1. The van der Waals surface area contributed by atoms with E-state index in [0.29, 0.717) is 6.04 Å². The van der Waals surface area contributed by atoms with E-state index in [9.17, 15) is 0 Å². The zero-order chi connectivity index (χ0) is 15.4. The summed E-state index contributed by atoms with van der Waals surface area (Å²) in [5, 5.41) is 4.40. The first-order chi connectivity index (χ1) is 10.8. The van der Waals surface area contributed by atoms with Crippen molar-refractivity contribution in [3.8, 4) is 5.75 Å². The first-order valence-electron chi connectivity index (χ1n) is 8.19. The van der Waals surface area contributed by atoms with Gasteiger partial charge in [-0.15, -0.1) is 0 Å². The molecule has 0 N–H and O–H groups in total. The maximum atomic E-state index is 5.39. The van der Waals surface area contributed by atoms with Crippen LogP contribution in [0.15, 0.2) is 36.7 Å². The molecule has 118 valence electrons. The Morgan fingerprint density at radius 1 is 1.32 bits per heavy atom. The van der Waals surface area contributed by atoms with E-state index in [2.05, 4.69) is 41.3 Å². The Bertz CT molecular complexity index is 608. The molecule has 1 aliphatic rings. The van der Waals surface area contributed by atoms with E-state index in [1.807, 2.05) is 16.9 Å². The maximum Gasteiger partial charge on any atom is 0.119 e. The number of methoxy groups -OCH3 is 1. The van der Waals surface area contributed by atoms with Gasteiger partial charge in [0.15, 0.2) is 0 Å². The smallest absolute Gasteiger partial charge is 0.119 e. The predicted molar refractivity (Wildman–Crippen MR) is 87.9 cm³/mol. The fourth-order valence-corrected chi connectivity index (χ4v) is 3.30. The van der Waals surface area contributed by atoms with Crippen molar-refractivity contribution in [1.82, 2.24) is 14.7 Å². The summed E-state index contributed by atoms with van der Waals surface area (Å²) in [6, 6.07) is 8.99. The molecule has 0 aliphatic carbocycles. The number of aromatic nitrogens is 2. The minimum absolute atomic E-state index is 0.480. The highest BCUT2D eigenvalue weighted by Gasteiger charge is 2.24. The lowest BCUT2D eigenvalue weighted by molar-refractivity contribution is 0.140. The normalized spacial score (nSPS) is 19.3.